The zero-order valence-electron chi connectivity index (χ0n) is 11.1. The van der Waals surface area contributed by atoms with Crippen LogP contribution in [-0.2, 0) is 4.79 Å². The minimum atomic E-state index is -0.730. The summed E-state index contributed by atoms with van der Waals surface area (Å²) in [4.78, 5) is 11.7. The molecule has 2 aromatic rings. The highest BCUT2D eigenvalue weighted by Crippen LogP contribution is 2.24. The normalized spacial score (nSPS) is 11.4. The summed E-state index contributed by atoms with van der Waals surface area (Å²) in [7, 11) is 0. The molecular weight excluding hydrogens is 250 g/mol. The second kappa shape index (κ2) is 5.89. The molecule has 100 valence electrons. The van der Waals surface area contributed by atoms with Gasteiger partial charge in [0.2, 0.25) is 5.91 Å². The predicted molar refractivity (Wildman–Crippen MR) is 77.9 cm³/mol. The molecule has 1 atom stereocenters. The average Bonchev–Trinajstić information content (AvgIpc) is 2.46. The Morgan fingerprint density at radius 1 is 1.20 bits per heavy atom. The third-order valence-electron chi connectivity index (χ3n) is 3.12. The summed E-state index contributed by atoms with van der Waals surface area (Å²) in [5.41, 5.74) is 8.34. The number of primary amides is 1. The number of nitrogens with two attached hydrogens (primary N) is 1. The van der Waals surface area contributed by atoms with E-state index in [1.807, 2.05) is 31.2 Å². The van der Waals surface area contributed by atoms with Crippen LogP contribution in [0.2, 0.25) is 0 Å². The summed E-state index contributed by atoms with van der Waals surface area (Å²) in [6.07, 6.45) is 0. The van der Waals surface area contributed by atoms with Crippen LogP contribution in [0.3, 0.4) is 0 Å². The minimum absolute atomic E-state index is 0.442. The number of hydrogen-bond acceptors (Lipinski definition) is 3. The van der Waals surface area contributed by atoms with Gasteiger partial charge in [0.15, 0.2) is 0 Å². The fourth-order valence-electron chi connectivity index (χ4n) is 2.04. The molecule has 0 radical (unpaired) electrons. The molecule has 0 aliphatic rings. The standard InChI is InChI=1S/C16H15N3O/c1-11-6-2-5-9-14(11)19-15(16(18)20)13-8-4-3-7-12(13)10-17/h2-9,15,19H,1H3,(H2,18,20). The molecule has 0 fully saturated rings. The van der Waals surface area contributed by atoms with Crippen LogP contribution < -0.4 is 11.1 Å². The number of carbonyl (C=O) groups is 1. The maximum absolute atomic E-state index is 11.7. The van der Waals surface area contributed by atoms with Crippen molar-refractivity contribution in [2.45, 2.75) is 13.0 Å². The number of nitriles is 1. The Morgan fingerprint density at radius 3 is 2.50 bits per heavy atom. The van der Waals surface area contributed by atoms with E-state index in [1.165, 1.54) is 0 Å². The predicted octanol–water partition coefficient (Wildman–Crippen LogP) is 2.51. The van der Waals surface area contributed by atoms with Gasteiger partial charge >= 0.3 is 0 Å². The third-order valence-corrected chi connectivity index (χ3v) is 3.12. The van der Waals surface area contributed by atoms with Crippen LogP contribution in [0.1, 0.15) is 22.7 Å². The third kappa shape index (κ3) is 2.78. The molecule has 3 N–H and O–H groups in total. The van der Waals surface area contributed by atoms with E-state index in [2.05, 4.69) is 11.4 Å². The van der Waals surface area contributed by atoms with Crippen LogP contribution in [0.5, 0.6) is 0 Å². The van der Waals surface area contributed by atoms with E-state index in [0.29, 0.717) is 11.1 Å². The Balaban J connectivity index is 2.41. The smallest absolute Gasteiger partial charge is 0.244 e. The number of hydrogen-bond donors (Lipinski definition) is 2. The van der Waals surface area contributed by atoms with Gasteiger partial charge in [-0.3, -0.25) is 4.79 Å². The van der Waals surface area contributed by atoms with Crippen molar-refractivity contribution in [3.63, 3.8) is 0 Å². The lowest BCUT2D eigenvalue weighted by Crippen LogP contribution is -2.28. The molecule has 1 amide bonds. The molecule has 0 aliphatic heterocycles. The van der Waals surface area contributed by atoms with E-state index < -0.39 is 11.9 Å². The van der Waals surface area contributed by atoms with Crippen LogP contribution >= 0.6 is 0 Å². The summed E-state index contributed by atoms with van der Waals surface area (Å²) < 4.78 is 0. The molecule has 20 heavy (non-hydrogen) atoms. The van der Waals surface area contributed by atoms with Gasteiger partial charge in [0.05, 0.1) is 11.6 Å². The van der Waals surface area contributed by atoms with Crippen molar-refractivity contribution in [2.24, 2.45) is 5.73 Å². The van der Waals surface area contributed by atoms with Crippen molar-refractivity contribution >= 4 is 11.6 Å². The first-order chi connectivity index (χ1) is 9.63. The van der Waals surface area contributed by atoms with Crippen molar-refractivity contribution in [1.82, 2.24) is 0 Å². The van der Waals surface area contributed by atoms with E-state index in [-0.39, 0.29) is 0 Å². The number of amides is 1. The van der Waals surface area contributed by atoms with Crippen LogP contribution in [0.15, 0.2) is 48.5 Å². The van der Waals surface area contributed by atoms with E-state index in [4.69, 9.17) is 11.0 Å². The molecule has 0 saturated heterocycles. The maximum atomic E-state index is 11.7. The number of carbonyl (C=O) groups excluding carboxylic acids is 1. The van der Waals surface area contributed by atoms with Crippen molar-refractivity contribution in [1.29, 1.82) is 5.26 Å². The topological polar surface area (TPSA) is 78.9 Å². The van der Waals surface area contributed by atoms with E-state index in [0.717, 1.165) is 11.3 Å². The van der Waals surface area contributed by atoms with Crippen molar-refractivity contribution in [3.05, 3.63) is 65.2 Å². The SMILES string of the molecule is Cc1ccccc1NC(C(N)=O)c1ccccc1C#N. The molecule has 0 spiro atoms. The molecule has 0 heterocycles. The number of nitrogens with zero attached hydrogens (tertiary/aromatic N) is 1. The lowest BCUT2D eigenvalue weighted by Gasteiger charge is -2.19. The maximum Gasteiger partial charge on any atom is 0.244 e. The summed E-state index contributed by atoms with van der Waals surface area (Å²) >= 11 is 0. The Labute approximate surface area is 117 Å². The summed E-state index contributed by atoms with van der Waals surface area (Å²) in [5.74, 6) is -0.518. The van der Waals surface area contributed by atoms with Gasteiger partial charge in [-0.05, 0) is 24.6 Å². The molecule has 0 aliphatic carbocycles. The van der Waals surface area contributed by atoms with Gasteiger partial charge in [-0.15, -0.1) is 0 Å². The summed E-state index contributed by atoms with van der Waals surface area (Å²) in [5, 5.41) is 12.3. The average molecular weight is 265 g/mol. The van der Waals surface area contributed by atoms with E-state index >= 15 is 0 Å². The quantitative estimate of drug-likeness (QED) is 0.891. The highest BCUT2D eigenvalue weighted by Gasteiger charge is 2.21. The molecule has 0 bridgehead atoms. The number of rotatable bonds is 4. The van der Waals surface area contributed by atoms with Crippen LogP contribution in [0.25, 0.3) is 0 Å². The number of para-hydroxylation sites is 1. The highest BCUT2D eigenvalue weighted by molar-refractivity contribution is 5.85. The highest BCUT2D eigenvalue weighted by atomic mass is 16.1. The van der Waals surface area contributed by atoms with Crippen molar-refractivity contribution in [2.75, 3.05) is 5.32 Å². The first-order valence-electron chi connectivity index (χ1n) is 6.24. The van der Waals surface area contributed by atoms with Gasteiger partial charge < -0.3 is 11.1 Å². The lowest BCUT2D eigenvalue weighted by atomic mass is 10.00. The molecule has 4 heteroatoms. The molecule has 0 aromatic heterocycles. The fraction of sp³-hybridized carbons (Fsp3) is 0.125. The van der Waals surface area contributed by atoms with Gasteiger partial charge in [-0.1, -0.05) is 36.4 Å². The summed E-state index contributed by atoms with van der Waals surface area (Å²) in [6.45, 7) is 1.94. The van der Waals surface area contributed by atoms with Crippen LogP contribution in [-0.4, -0.2) is 5.91 Å². The number of benzene rings is 2. The molecular formula is C16H15N3O. The first-order valence-corrected chi connectivity index (χ1v) is 6.24. The molecule has 0 saturated carbocycles. The zero-order valence-corrected chi connectivity index (χ0v) is 11.1. The summed E-state index contributed by atoms with van der Waals surface area (Å²) in [6, 6.07) is 15.9. The number of anilines is 1. The second-order valence-electron chi connectivity index (χ2n) is 4.49. The van der Waals surface area contributed by atoms with Gasteiger partial charge in [0.25, 0.3) is 0 Å². The Morgan fingerprint density at radius 2 is 1.85 bits per heavy atom. The molecule has 1 unspecified atom stereocenters. The van der Waals surface area contributed by atoms with E-state index in [9.17, 15) is 4.79 Å². The number of aryl methyl sites for hydroxylation is 1. The first kappa shape index (κ1) is 13.6. The minimum Gasteiger partial charge on any atom is -0.370 e. The van der Waals surface area contributed by atoms with E-state index in [1.54, 1.807) is 24.3 Å². The van der Waals surface area contributed by atoms with Crippen LogP contribution in [0, 0.1) is 18.3 Å². The Hall–Kier alpha value is -2.80. The molecule has 4 nitrogen and oxygen atoms in total. The van der Waals surface area contributed by atoms with Gasteiger partial charge in [0.1, 0.15) is 6.04 Å². The molecule has 2 aromatic carbocycles. The zero-order chi connectivity index (χ0) is 14.5. The van der Waals surface area contributed by atoms with Crippen molar-refractivity contribution < 1.29 is 4.79 Å². The molecule has 2 rings (SSSR count). The van der Waals surface area contributed by atoms with Gasteiger partial charge in [0, 0.05) is 11.3 Å². The van der Waals surface area contributed by atoms with Crippen LogP contribution in [0.4, 0.5) is 5.69 Å². The largest absolute Gasteiger partial charge is 0.370 e. The number of nitrogens with one attached hydrogen (secondary N) is 1. The Bertz CT molecular complexity index is 673. The lowest BCUT2D eigenvalue weighted by molar-refractivity contribution is -0.118. The fourth-order valence-corrected chi connectivity index (χ4v) is 2.04. The van der Waals surface area contributed by atoms with Gasteiger partial charge in [-0.2, -0.15) is 5.26 Å². The van der Waals surface area contributed by atoms with Gasteiger partial charge in [-0.25, -0.2) is 0 Å². The van der Waals surface area contributed by atoms with Crippen molar-refractivity contribution in [3.8, 4) is 6.07 Å². The second-order valence-corrected chi connectivity index (χ2v) is 4.49. The monoisotopic (exact) mass is 265 g/mol. The Kier molecular flexibility index (Phi) is 4.02.